The second-order valence-corrected chi connectivity index (χ2v) is 6.05. The lowest BCUT2D eigenvalue weighted by Crippen LogP contribution is -2.38. The topological polar surface area (TPSA) is 20.2 Å². The molecular formula is C12H23BrO. The molecule has 1 nitrogen and oxygen atoms in total. The maximum absolute atomic E-state index is 9.92. The van der Waals surface area contributed by atoms with Gasteiger partial charge in [0.25, 0.3) is 0 Å². The molecule has 1 fully saturated rings. The summed E-state index contributed by atoms with van der Waals surface area (Å²) < 4.78 is 0. The van der Waals surface area contributed by atoms with Crippen LogP contribution in [0, 0.1) is 17.3 Å². The summed E-state index contributed by atoms with van der Waals surface area (Å²) in [5, 5.41) is 10.6. The van der Waals surface area contributed by atoms with Crippen molar-refractivity contribution in [3.8, 4) is 0 Å². The van der Waals surface area contributed by atoms with Crippen molar-refractivity contribution in [1.29, 1.82) is 0 Å². The van der Waals surface area contributed by atoms with Crippen LogP contribution in [0.2, 0.25) is 0 Å². The number of hydrogen-bond donors (Lipinski definition) is 1. The second kappa shape index (κ2) is 4.98. The van der Waals surface area contributed by atoms with E-state index in [0.29, 0.717) is 0 Å². The lowest BCUT2D eigenvalue weighted by atomic mass is 9.67. The molecule has 1 aliphatic carbocycles. The maximum atomic E-state index is 9.92. The van der Waals surface area contributed by atoms with Crippen molar-refractivity contribution in [1.82, 2.24) is 0 Å². The minimum absolute atomic E-state index is 0.162. The molecule has 0 heterocycles. The molecule has 1 aliphatic rings. The van der Waals surface area contributed by atoms with Crippen molar-refractivity contribution < 1.29 is 5.11 Å². The van der Waals surface area contributed by atoms with Gasteiger partial charge in [0.2, 0.25) is 0 Å². The quantitative estimate of drug-likeness (QED) is 0.771. The Kier molecular flexibility index (Phi) is 4.45. The normalized spacial score (nSPS) is 36.0. The van der Waals surface area contributed by atoms with Crippen LogP contribution in [0.3, 0.4) is 0 Å². The van der Waals surface area contributed by atoms with Crippen LogP contribution in [0.5, 0.6) is 0 Å². The fraction of sp³-hybridized carbons (Fsp3) is 1.00. The number of rotatable bonds is 3. The molecule has 0 aromatic carbocycles. The number of alkyl halides is 1. The van der Waals surface area contributed by atoms with Crippen molar-refractivity contribution in [2.75, 3.05) is 5.33 Å². The molecule has 0 aromatic heterocycles. The van der Waals surface area contributed by atoms with Gasteiger partial charge in [-0.25, -0.2) is 0 Å². The third kappa shape index (κ3) is 2.73. The van der Waals surface area contributed by atoms with Gasteiger partial charge in [-0.15, -0.1) is 0 Å². The molecule has 0 bridgehead atoms. The Morgan fingerprint density at radius 1 is 1.36 bits per heavy atom. The zero-order valence-corrected chi connectivity index (χ0v) is 11.2. The van der Waals surface area contributed by atoms with Gasteiger partial charge in [-0.3, -0.25) is 0 Å². The first-order valence-corrected chi connectivity index (χ1v) is 6.86. The SMILES string of the molecule is CC(C)C1CCC(C)(C(O)CBr)CC1. The summed E-state index contributed by atoms with van der Waals surface area (Å²) in [6.45, 7) is 6.86. The summed E-state index contributed by atoms with van der Waals surface area (Å²) in [6, 6.07) is 0. The molecule has 0 aromatic rings. The van der Waals surface area contributed by atoms with Crippen LogP contribution in [0.25, 0.3) is 0 Å². The molecule has 1 rings (SSSR count). The van der Waals surface area contributed by atoms with Gasteiger partial charge in [-0.2, -0.15) is 0 Å². The number of aliphatic hydroxyl groups excluding tert-OH is 1. The highest BCUT2D eigenvalue weighted by Crippen LogP contribution is 2.43. The summed E-state index contributed by atoms with van der Waals surface area (Å²) >= 11 is 3.38. The van der Waals surface area contributed by atoms with E-state index >= 15 is 0 Å². The van der Waals surface area contributed by atoms with E-state index in [2.05, 4.69) is 36.7 Å². The van der Waals surface area contributed by atoms with Gasteiger partial charge in [0.15, 0.2) is 0 Å². The van der Waals surface area contributed by atoms with Gasteiger partial charge >= 0.3 is 0 Å². The Morgan fingerprint density at radius 3 is 2.21 bits per heavy atom. The number of halogens is 1. The van der Waals surface area contributed by atoms with Gasteiger partial charge in [0, 0.05) is 5.33 Å². The molecule has 0 aliphatic heterocycles. The Labute approximate surface area is 96.4 Å². The molecule has 0 radical (unpaired) electrons. The molecule has 1 unspecified atom stereocenters. The van der Waals surface area contributed by atoms with Gasteiger partial charge in [0.1, 0.15) is 0 Å². The minimum atomic E-state index is -0.171. The smallest absolute Gasteiger partial charge is 0.0690 e. The molecule has 0 amide bonds. The van der Waals surface area contributed by atoms with Crippen LogP contribution in [0.4, 0.5) is 0 Å². The van der Waals surface area contributed by atoms with E-state index in [0.717, 1.165) is 17.2 Å². The standard InChI is InChI=1S/C12H23BrO/c1-9(2)10-4-6-12(3,7-5-10)11(14)8-13/h9-11,14H,4-8H2,1-3H3. The number of aliphatic hydroxyl groups is 1. The molecule has 14 heavy (non-hydrogen) atoms. The summed E-state index contributed by atoms with van der Waals surface area (Å²) in [5.74, 6) is 1.69. The van der Waals surface area contributed by atoms with E-state index in [9.17, 15) is 5.11 Å². The van der Waals surface area contributed by atoms with Crippen molar-refractivity contribution in [2.24, 2.45) is 17.3 Å². The van der Waals surface area contributed by atoms with E-state index in [1.54, 1.807) is 0 Å². The highest BCUT2D eigenvalue weighted by molar-refractivity contribution is 9.09. The van der Waals surface area contributed by atoms with E-state index in [1.807, 2.05) is 0 Å². The minimum Gasteiger partial charge on any atom is -0.392 e. The van der Waals surface area contributed by atoms with Crippen molar-refractivity contribution in [3.63, 3.8) is 0 Å². The summed E-state index contributed by atoms with van der Waals surface area (Å²) in [5.41, 5.74) is 0.162. The largest absolute Gasteiger partial charge is 0.392 e. The highest BCUT2D eigenvalue weighted by atomic mass is 79.9. The average Bonchev–Trinajstić information content (AvgIpc) is 2.17. The molecule has 1 atom stereocenters. The van der Waals surface area contributed by atoms with Crippen LogP contribution in [-0.4, -0.2) is 16.5 Å². The van der Waals surface area contributed by atoms with E-state index in [-0.39, 0.29) is 11.5 Å². The first-order valence-electron chi connectivity index (χ1n) is 5.73. The number of hydrogen-bond acceptors (Lipinski definition) is 1. The molecule has 0 saturated heterocycles. The van der Waals surface area contributed by atoms with Crippen LogP contribution in [0.1, 0.15) is 46.5 Å². The molecule has 0 spiro atoms. The fourth-order valence-electron chi connectivity index (χ4n) is 2.49. The van der Waals surface area contributed by atoms with Crippen LogP contribution in [0.15, 0.2) is 0 Å². The monoisotopic (exact) mass is 262 g/mol. The molecule has 2 heteroatoms. The van der Waals surface area contributed by atoms with Crippen LogP contribution < -0.4 is 0 Å². The summed E-state index contributed by atoms with van der Waals surface area (Å²) in [6.07, 6.45) is 4.78. The van der Waals surface area contributed by atoms with Crippen LogP contribution in [-0.2, 0) is 0 Å². The lowest BCUT2D eigenvalue weighted by molar-refractivity contribution is 0.00970. The zero-order chi connectivity index (χ0) is 10.8. The van der Waals surface area contributed by atoms with Crippen molar-refractivity contribution in [3.05, 3.63) is 0 Å². The second-order valence-electron chi connectivity index (χ2n) is 5.41. The average molecular weight is 263 g/mol. The van der Waals surface area contributed by atoms with E-state index < -0.39 is 0 Å². The van der Waals surface area contributed by atoms with Crippen LogP contribution >= 0.6 is 15.9 Å². The molecule has 1 N–H and O–H groups in total. The third-order valence-corrected chi connectivity index (χ3v) is 4.68. The first-order chi connectivity index (χ1) is 6.49. The maximum Gasteiger partial charge on any atom is 0.0690 e. The predicted octanol–water partition coefficient (Wildman–Crippen LogP) is 3.59. The Morgan fingerprint density at radius 2 is 1.86 bits per heavy atom. The Bertz CT molecular complexity index is 171. The highest BCUT2D eigenvalue weighted by Gasteiger charge is 2.37. The van der Waals surface area contributed by atoms with Gasteiger partial charge in [-0.05, 0) is 42.9 Å². The zero-order valence-electron chi connectivity index (χ0n) is 9.59. The van der Waals surface area contributed by atoms with Gasteiger partial charge in [-0.1, -0.05) is 36.7 Å². The predicted molar refractivity (Wildman–Crippen MR) is 64.7 cm³/mol. The summed E-state index contributed by atoms with van der Waals surface area (Å²) in [4.78, 5) is 0. The van der Waals surface area contributed by atoms with E-state index in [4.69, 9.17) is 0 Å². The van der Waals surface area contributed by atoms with Gasteiger partial charge in [0.05, 0.1) is 6.10 Å². The van der Waals surface area contributed by atoms with Crippen molar-refractivity contribution >= 4 is 15.9 Å². The third-order valence-electron chi connectivity index (χ3n) is 4.07. The Hall–Kier alpha value is 0.440. The van der Waals surface area contributed by atoms with Gasteiger partial charge < -0.3 is 5.11 Å². The van der Waals surface area contributed by atoms with E-state index in [1.165, 1.54) is 25.7 Å². The Balaban J connectivity index is 2.48. The molecule has 1 saturated carbocycles. The van der Waals surface area contributed by atoms with Crippen molar-refractivity contribution in [2.45, 2.75) is 52.6 Å². The first kappa shape index (κ1) is 12.5. The molecule has 84 valence electrons. The molecular weight excluding hydrogens is 240 g/mol. The summed E-state index contributed by atoms with van der Waals surface area (Å²) in [7, 11) is 0. The lowest BCUT2D eigenvalue weighted by Gasteiger charge is -2.41. The fourth-order valence-corrected chi connectivity index (χ4v) is 3.27.